The summed E-state index contributed by atoms with van der Waals surface area (Å²) in [6.45, 7) is 117. The zero-order valence-corrected chi connectivity index (χ0v) is 89.0. The van der Waals surface area contributed by atoms with E-state index in [1.165, 1.54) is 32.1 Å². The van der Waals surface area contributed by atoms with Crippen LogP contribution in [0.3, 0.4) is 0 Å². The van der Waals surface area contributed by atoms with Crippen molar-refractivity contribution in [3.8, 4) is 0 Å². The van der Waals surface area contributed by atoms with Crippen LogP contribution in [-0.4, -0.2) is 79.8 Å². The van der Waals surface area contributed by atoms with Crippen molar-refractivity contribution < 1.29 is 4.42 Å². The lowest BCUT2D eigenvalue weighted by Gasteiger charge is -2.22. The minimum atomic E-state index is -0.0590. The number of aromatic nitrogens is 16. The minimum absolute atomic E-state index is 0. The zero-order valence-electron chi connectivity index (χ0n) is 88.2. The lowest BCUT2D eigenvalue weighted by atomic mass is 9.86. The molecule has 18 heteroatoms. The van der Waals surface area contributed by atoms with Crippen molar-refractivity contribution in [2.24, 2.45) is 0 Å². The van der Waals surface area contributed by atoms with Gasteiger partial charge in [0, 0.05) is 132 Å². The van der Waals surface area contributed by atoms with E-state index in [0.29, 0.717) is 11.8 Å². The zero-order chi connectivity index (χ0) is 96.0. The Hall–Kier alpha value is -7.34. The van der Waals surface area contributed by atoms with Crippen LogP contribution in [0.1, 0.15) is 493 Å². The Morgan fingerprint density at radius 2 is 0.532 bits per heavy atom. The predicted molar refractivity (Wildman–Crippen MR) is 549 cm³/mol. The fourth-order valence-corrected chi connectivity index (χ4v) is 10.7. The molecule has 0 fully saturated rings. The molecule has 0 aliphatic heterocycles. The monoisotopic (exact) mass is 1760 g/mol. The number of nitrogens with zero attached hydrogens (tertiary/aromatic N) is 16. The highest BCUT2D eigenvalue weighted by atomic mass is 32.1. The average Bonchev–Trinajstić information content (AvgIpc) is 1.61. The molecule has 9 rings (SSSR count). The maximum atomic E-state index is 5.59. The van der Waals surface area contributed by atoms with Crippen molar-refractivity contribution in [2.75, 3.05) is 0 Å². The third-order valence-corrected chi connectivity index (χ3v) is 20.8. The van der Waals surface area contributed by atoms with Crippen LogP contribution in [0, 0.1) is 0 Å². The molecule has 0 unspecified atom stereocenters. The molecule has 0 radical (unpaired) electrons. The topological polar surface area (TPSA) is 203 Å². The molecule has 0 saturated heterocycles. The summed E-state index contributed by atoms with van der Waals surface area (Å²) in [4.78, 5) is 36.9. The number of rotatable bonds is 0. The summed E-state index contributed by atoms with van der Waals surface area (Å²) in [6, 6.07) is 10.6. The van der Waals surface area contributed by atoms with Gasteiger partial charge >= 0.3 is 0 Å². The lowest BCUT2D eigenvalue weighted by Crippen LogP contribution is -2.23. The van der Waals surface area contributed by atoms with Gasteiger partial charge in [-0.2, -0.15) is 20.4 Å². The molecule has 0 aliphatic rings. The Kier molecular flexibility index (Phi) is 45.6. The summed E-state index contributed by atoms with van der Waals surface area (Å²) in [5.74, 6) is 3.23. The molecule has 0 saturated carbocycles. The lowest BCUT2D eigenvalue weighted by molar-refractivity contribution is 0.331. The Morgan fingerprint density at radius 1 is 0.230 bits per heavy atom. The van der Waals surface area contributed by atoms with Crippen LogP contribution in [-0.2, 0) is 97.7 Å². The first kappa shape index (κ1) is 125. The molecule has 0 aromatic carbocycles. The summed E-state index contributed by atoms with van der Waals surface area (Å²) in [6.07, 6.45) is 21.7. The van der Waals surface area contributed by atoms with E-state index < -0.39 is 0 Å². The summed E-state index contributed by atoms with van der Waals surface area (Å²) in [5, 5.41) is 26.8. The van der Waals surface area contributed by atoms with Crippen molar-refractivity contribution in [3.05, 3.63) is 188 Å². The molecule has 9 aromatic rings. The molecular formula is C108H194N16OS. The van der Waals surface area contributed by atoms with E-state index in [4.69, 9.17) is 4.42 Å². The fourth-order valence-electron chi connectivity index (χ4n) is 9.69. The Labute approximate surface area is 780 Å². The summed E-state index contributed by atoms with van der Waals surface area (Å²) >= 11 is 1.84. The van der Waals surface area contributed by atoms with Crippen LogP contribution in [0.15, 0.2) is 103 Å². The molecule has 0 spiro atoms. The Balaban J connectivity index is -0.000000662. The second-order valence-corrected chi connectivity index (χ2v) is 52.2. The van der Waals surface area contributed by atoms with Gasteiger partial charge in [-0.25, -0.2) is 24.9 Å². The van der Waals surface area contributed by atoms with E-state index in [-0.39, 0.29) is 127 Å². The predicted octanol–water partition coefficient (Wildman–Crippen LogP) is 30.8. The highest BCUT2D eigenvalue weighted by molar-refractivity contribution is 7.11. The quantitative estimate of drug-likeness (QED) is 0.139. The molecule has 126 heavy (non-hydrogen) atoms. The van der Waals surface area contributed by atoms with Crippen molar-refractivity contribution in [2.45, 2.75) is 501 Å². The summed E-state index contributed by atoms with van der Waals surface area (Å²) in [5.41, 5.74) is 13.3. The van der Waals surface area contributed by atoms with E-state index >= 15 is 0 Å². The summed E-state index contributed by atoms with van der Waals surface area (Å²) < 4.78 is 9.63. The molecule has 0 N–H and O–H groups in total. The second kappa shape index (κ2) is 46.0. The molecule has 0 atom stereocenters. The van der Waals surface area contributed by atoms with Gasteiger partial charge in [-0.05, 0) is 115 Å². The molecule has 0 amide bonds. The number of hydrogen-bond donors (Lipinski definition) is 0. The van der Waals surface area contributed by atoms with Crippen LogP contribution in [0.25, 0.3) is 0 Å². The standard InChI is InChI=1S/C13H21N.4C12H20N2.2C11H20N2.C11H19NS.C10H18N2O.4CH4/c1-12(2,3)10-7-8-11(14-9-10)13(4,5)6;1-11(2,3)9-7-14-10(8-13-9)12(4,5)6;2*1-11(2,3)9-7-13-10(14-8-9)12(4,5)6;1-11(2,3)9-7-8-10(14-13-9)12(4,5)6;1-10(2,3)9-7-12-13(8-9)11(4,5)6;1-10(2,3)9-7-8-13(12-9)11(4,5)6;1-10(2,3)8-7-12-9(13-8)11(4,5)6;1-9(2,3)7-11-12-8(13-7)10(4,5)6;;;;/h7-9H,1-6H3;4*7-8H,1-6H3;2*7-8H,1-6H3;7H,1-6H3;1-6H3;4*1H4. The largest absolute Gasteiger partial charge is 0.424 e. The smallest absolute Gasteiger partial charge is 0.221 e. The number of hydrogen-bond acceptors (Lipinski definition) is 16. The van der Waals surface area contributed by atoms with Crippen LogP contribution in [0.5, 0.6) is 0 Å². The van der Waals surface area contributed by atoms with Crippen LogP contribution in [0.2, 0.25) is 0 Å². The maximum absolute atomic E-state index is 5.59. The normalized spacial score (nSPS) is 12.7. The molecule has 9 heterocycles. The first-order chi connectivity index (χ1) is 53.9. The number of thiazole rings is 1. The highest BCUT2D eigenvalue weighted by Gasteiger charge is 2.30. The van der Waals surface area contributed by atoms with Gasteiger partial charge in [0.25, 0.3) is 0 Å². The third-order valence-electron chi connectivity index (χ3n) is 18.9. The van der Waals surface area contributed by atoms with E-state index in [1.54, 1.807) is 0 Å². The second-order valence-electron chi connectivity index (χ2n) is 51.2. The van der Waals surface area contributed by atoms with E-state index in [9.17, 15) is 0 Å². The Bertz CT molecular complexity index is 3580. The fraction of sp³-hybridized carbons (Fsp3) is 0.704. The first-order valence-corrected chi connectivity index (χ1v) is 45.0. The van der Waals surface area contributed by atoms with Gasteiger partial charge in [0.1, 0.15) is 11.6 Å². The van der Waals surface area contributed by atoms with Gasteiger partial charge in [-0.3, -0.25) is 24.3 Å². The maximum Gasteiger partial charge on any atom is 0.221 e. The average molecular weight is 1760 g/mol. The molecule has 9 aromatic heterocycles. The molecule has 718 valence electrons. The molecular weight excluding hydrogens is 1570 g/mol. The van der Waals surface area contributed by atoms with Crippen LogP contribution < -0.4 is 0 Å². The summed E-state index contributed by atoms with van der Waals surface area (Å²) in [7, 11) is 0. The van der Waals surface area contributed by atoms with Gasteiger partial charge in [-0.15, -0.1) is 21.5 Å². The van der Waals surface area contributed by atoms with Crippen LogP contribution >= 0.6 is 11.3 Å². The van der Waals surface area contributed by atoms with Gasteiger partial charge < -0.3 is 4.42 Å². The van der Waals surface area contributed by atoms with Crippen molar-refractivity contribution >= 4 is 11.3 Å². The third kappa shape index (κ3) is 44.8. The highest BCUT2D eigenvalue weighted by Crippen LogP contribution is 2.35. The number of pyridine rings is 1. The van der Waals surface area contributed by atoms with Gasteiger partial charge in [0.2, 0.25) is 11.8 Å². The first-order valence-electron chi connectivity index (χ1n) is 44.1. The molecule has 0 aliphatic carbocycles. The van der Waals surface area contributed by atoms with Crippen LogP contribution in [0.4, 0.5) is 0 Å². The molecule has 0 bridgehead atoms. The minimum Gasteiger partial charge on any atom is -0.424 e. The van der Waals surface area contributed by atoms with Crippen molar-refractivity contribution in [1.82, 2.24) is 79.8 Å². The van der Waals surface area contributed by atoms with Crippen molar-refractivity contribution in [1.29, 1.82) is 0 Å². The van der Waals surface area contributed by atoms with E-state index in [0.717, 1.165) is 45.8 Å². The molecule has 17 nitrogen and oxygen atoms in total. The Morgan fingerprint density at radius 3 is 0.714 bits per heavy atom. The van der Waals surface area contributed by atoms with Crippen molar-refractivity contribution in [3.63, 3.8) is 0 Å². The van der Waals surface area contributed by atoms with Gasteiger partial charge in [0.05, 0.1) is 50.8 Å². The van der Waals surface area contributed by atoms with E-state index in [1.807, 2.05) is 76.5 Å². The van der Waals surface area contributed by atoms with Gasteiger partial charge in [-0.1, -0.05) is 368 Å². The van der Waals surface area contributed by atoms with E-state index in [2.05, 4.69) is 487 Å². The SMILES string of the molecule is C.C.C.C.CC(C)(C)c1ccc(C(C)(C)C)nc1.CC(C)(C)c1ccc(C(C)(C)C)nn1.CC(C)(C)c1ccn(C(C)(C)C)n1.CC(C)(C)c1cnc(C(C)(C)C)cn1.CC(C)(C)c1cnc(C(C)(C)C)nc1.CC(C)(C)c1cnc(C(C)(C)C)nc1.CC(C)(C)c1cnc(C(C)(C)C)s1.CC(C)(C)c1cnn(C(C)(C)C)c1.CC(C)(C)c1nnc(C(C)(C)C)o1. The van der Waals surface area contributed by atoms with Gasteiger partial charge in [0.15, 0.2) is 0 Å².